The molecule has 2 heterocycles. The number of hydrogen-bond acceptors (Lipinski definition) is 3. The van der Waals surface area contributed by atoms with Gasteiger partial charge in [0.05, 0.1) is 7.11 Å². The van der Waals surface area contributed by atoms with E-state index in [1.807, 2.05) is 30.3 Å². The van der Waals surface area contributed by atoms with Crippen molar-refractivity contribution in [3.05, 3.63) is 65.7 Å². The van der Waals surface area contributed by atoms with Crippen molar-refractivity contribution in [2.45, 2.75) is 56.7 Å². The van der Waals surface area contributed by atoms with Crippen LogP contribution in [0.4, 0.5) is 0 Å². The number of carbonyl (C=O) groups is 1. The molecule has 2 aromatic carbocycles. The van der Waals surface area contributed by atoms with Crippen LogP contribution in [0, 0.1) is 0 Å². The van der Waals surface area contributed by atoms with E-state index in [1.54, 1.807) is 7.11 Å². The number of rotatable bonds is 4. The molecule has 3 atom stereocenters. The number of methoxy groups -OCH3 is 1. The Hall–Kier alpha value is -2.33. The van der Waals surface area contributed by atoms with Crippen LogP contribution in [0.1, 0.15) is 48.0 Å². The number of hydrogen-bond donors (Lipinski definition) is 1. The zero-order chi connectivity index (χ0) is 19.3. The monoisotopic (exact) mass is 378 g/mol. The summed E-state index contributed by atoms with van der Waals surface area (Å²) in [4.78, 5) is 15.8. The summed E-state index contributed by atoms with van der Waals surface area (Å²) in [6.45, 7) is 1.06. The van der Waals surface area contributed by atoms with E-state index >= 15 is 0 Å². The van der Waals surface area contributed by atoms with Crippen LogP contribution in [0.25, 0.3) is 0 Å². The van der Waals surface area contributed by atoms with Gasteiger partial charge < -0.3 is 15.0 Å². The third kappa shape index (κ3) is 4.07. The van der Waals surface area contributed by atoms with Gasteiger partial charge >= 0.3 is 0 Å². The van der Waals surface area contributed by atoms with Crippen LogP contribution < -0.4 is 10.1 Å². The molecule has 0 saturated carbocycles. The minimum atomic E-state index is 0.134. The van der Waals surface area contributed by atoms with Crippen molar-refractivity contribution in [2.24, 2.45) is 0 Å². The highest BCUT2D eigenvalue weighted by molar-refractivity contribution is 5.95. The van der Waals surface area contributed by atoms with Crippen molar-refractivity contribution in [1.82, 2.24) is 10.2 Å². The molecule has 1 amide bonds. The molecule has 2 saturated heterocycles. The molecule has 148 valence electrons. The van der Waals surface area contributed by atoms with Crippen LogP contribution in [0.3, 0.4) is 0 Å². The Labute approximate surface area is 167 Å². The number of nitrogens with one attached hydrogen (secondary N) is 1. The Morgan fingerprint density at radius 1 is 1.11 bits per heavy atom. The highest BCUT2D eigenvalue weighted by Crippen LogP contribution is 2.33. The molecule has 4 nitrogen and oxygen atoms in total. The summed E-state index contributed by atoms with van der Waals surface area (Å²) >= 11 is 0. The van der Waals surface area contributed by atoms with Crippen LogP contribution in [-0.4, -0.2) is 42.6 Å². The average Bonchev–Trinajstić information content (AvgIpc) is 3.04. The molecule has 0 radical (unpaired) electrons. The number of benzene rings is 2. The fourth-order valence-electron chi connectivity index (χ4n) is 4.82. The summed E-state index contributed by atoms with van der Waals surface area (Å²) in [6.07, 6.45) is 6.68. The zero-order valence-corrected chi connectivity index (χ0v) is 16.6. The number of nitrogens with zero attached hydrogens (tertiary/aromatic N) is 1. The first kappa shape index (κ1) is 19.0. The van der Waals surface area contributed by atoms with E-state index in [1.165, 1.54) is 24.8 Å². The van der Waals surface area contributed by atoms with E-state index in [2.05, 4.69) is 34.5 Å². The van der Waals surface area contributed by atoms with Gasteiger partial charge in [0.1, 0.15) is 5.75 Å². The smallest absolute Gasteiger partial charge is 0.254 e. The van der Waals surface area contributed by atoms with Gasteiger partial charge in [-0.25, -0.2) is 0 Å². The molecule has 28 heavy (non-hydrogen) atoms. The fraction of sp³-hybridized carbons (Fsp3) is 0.458. The number of fused-ring (bicyclic) bond motifs is 1. The molecular formula is C24H30N2O2. The molecular weight excluding hydrogens is 348 g/mol. The van der Waals surface area contributed by atoms with E-state index < -0.39 is 0 Å². The zero-order valence-electron chi connectivity index (χ0n) is 16.6. The predicted molar refractivity (Wildman–Crippen MR) is 112 cm³/mol. The van der Waals surface area contributed by atoms with Gasteiger partial charge in [-0.3, -0.25) is 4.79 Å². The second-order valence-corrected chi connectivity index (χ2v) is 8.00. The van der Waals surface area contributed by atoms with Gasteiger partial charge in [-0.1, -0.05) is 49.2 Å². The molecule has 2 fully saturated rings. The largest absolute Gasteiger partial charge is 0.497 e. The number of carbonyl (C=O) groups excluding carboxylic acids is 1. The fourth-order valence-corrected chi connectivity index (χ4v) is 4.82. The van der Waals surface area contributed by atoms with Crippen molar-refractivity contribution in [2.75, 3.05) is 13.7 Å². The number of likely N-dealkylation sites (tertiary alicyclic amines) is 1. The highest BCUT2D eigenvalue weighted by atomic mass is 16.5. The third-order valence-electron chi connectivity index (χ3n) is 6.19. The lowest BCUT2D eigenvalue weighted by molar-refractivity contribution is 0.0642. The summed E-state index contributed by atoms with van der Waals surface area (Å²) in [6, 6.07) is 19.0. The predicted octanol–water partition coefficient (Wildman–Crippen LogP) is 4.05. The molecule has 0 aromatic heterocycles. The molecule has 4 heteroatoms. The summed E-state index contributed by atoms with van der Waals surface area (Å²) in [5.41, 5.74) is 2.02. The van der Waals surface area contributed by atoms with Gasteiger partial charge in [0.15, 0.2) is 0 Å². The second kappa shape index (κ2) is 8.78. The Morgan fingerprint density at radius 3 is 2.79 bits per heavy atom. The van der Waals surface area contributed by atoms with Gasteiger partial charge in [0.2, 0.25) is 0 Å². The van der Waals surface area contributed by atoms with Crippen molar-refractivity contribution in [3.63, 3.8) is 0 Å². The van der Waals surface area contributed by atoms with Crippen molar-refractivity contribution >= 4 is 5.91 Å². The van der Waals surface area contributed by atoms with Crippen molar-refractivity contribution < 1.29 is 9.53 Å². The third-order valence-corrected chi connectivity index (χ3v) is 6.19. The van der Waals surface area contributed by atoms with Crippen LogP contribution in [0.2, 0.25) is 0 Å². The molecule has 0 spiro atoms. The summed E-state index contributed by atoms with van der Waals surface area (Å²) in [5.74, 6) is 0.867. The first-order valence-corrected chi connectivity index (χ1v) is 10.5. The molecule has 2 aromatic rings. The average molecular weight is 379 g/mol. The molecule has 4 rings (SSSR count). The van der Waals surface area contributed by atoms with Gasteiger partial charge in [-0.05, 0) is 56.0 Å². The molecule has 0 aliphatic carbocycles. The Morgan fingerprint density at radius 2 is 1.96 bits per heavy atom. The quantitative estimate of drug-likeness (QED) is 0.873. The minimum Gasteiger partial charge on any atom is -0.497 e. The molecule has 1 N–H and O–H groups in total. The van der Waals surface area contributed by atoms with Gasteiger partial charge in [-0.15, -0.1) is 0 Å². The van der Waals surface area contributed by atoms with Crippen LogP contribution in [-0.2, 0) is 6.42 Å². The lowest BCUT2D eigenvalue weighted by Gasteiger charge is -2.33. The van der Waals surface area contributed by atoms with E-state index in [0.717, 1.165) is 37.1 Å². The standard InChI is InChI=1S/C24H30N2O2/c1-28-21-12-8-11-19(16-21)24(27)26-20(15-18-9-4-2-5-10-18)17-22-23(26)13-6-3-7-14-25-22/h2,4-5,8-12,16,20,22-23,25H,3,6-7,13-15,17H2,1H3/t20-,22+,23-/m1/s1. The number of ether oxygens (including phenoxy) is 1. The summed E-state index contributed by atoms with van der Waals surface area (Å²) in [5, 5.41) is 3.74. The highest BCUT2D eigenvalue weighted by Gasteiger charge is 2.43. The second-order valence-electron chi connectivity index (χ2n) is 8.00. The van der Waals surface area contributed by atoms with E-state index in [4.69, 9.17) is 4.74 Å². The summed E-state index contributed by atoms with van der Waals surface area (Å²) < 4.78 is 5.35. The molecule has 2 aliphatic heterocycles. The van der Waals surface area contributed by atoms with E-state index in [-0.39, 0.29) is 18.0 Å². The van der Waals surface area contributed by atoms with Crippen LogP contribution in [0.5, 0.6) is 5.75 Å². The van der Waals surface area contributed by atoms with Gasteiger partial charge in [-0.2, -0.15) is 0 Å². The van der Waals surface area contributed by atoms with Gasteiger partial charge in [0, 0.05) is 23.7 Å². The number of amides is 1. The topological polar surface area (TPSA) is 41.6 Å². The Kier molecular flexibility index (Phi) is 5.96. The normalized spacial score (nSPS) is 24.9. The lowest BCUT2D eigenvalue weighted by atomic mass is 9.98. The first-order chi connectivity index (χ1) is 13.8. The maximum absolute atomic E-state index is 13.6. The van der Waals surface area contributed by atoms with Crippen LogP contribution in [0.15, 0.2) is 54.6 Å². The summed E-state index contributed by atoms with van der Waals surface area (Å²) in [7, 11) is 1.65. The Bertz CT molecular complexity index is 792. The van der Waals surface area contributed by atoms with Crippen molar-refractivity contribution in [3.8, 4) is 5.75 Å². The minimum absolute atomic E-state index is 0.134. The van der Waals surface area contributed by atoms with Crippen LogP contribution >= 0.6 is 0 Å². The SMILES string of the molecule is COc1cccc(C(=O)N2[C@H](Cc3ccccc3)C[C@@H]3NCCCCC[C@H]32)c1. The maximum Gasteiger partial charge on any atom is 0.254 e. The first-order valence-electron chi connectivity index (χ1n) is 10.5. The maximum atomic E-state index is 13.6. The molecule has 2 aliphatic rings. The Balaban J connectivity index is 1.64. The lowest BCUT2D eigenvalue weighted by Crippen LogP contribution is -2.47. The molecule has 0 bridgehead atoms. The van der Waals surface area contributed by atoms with E-state index in [0.29, 0.717) is 6.04 Å². The molecule has 0 unspecified atom stereocenters. The van der Waals surface area contributed by atoms with Crippen molar-refractivity contribution in [1.29, 1.82) is 0 Å². The van der Waals surface area contributed by atoms with Gasteiger partial charge in [0.25, 0.3) is 5.91 Å². The van der Waals surface area contributed by atoms with E-state index in [9.17, 15) is 4.79 Å².